The maximum Gasteiger partial charge on any atom is 0.245 e. The molecule has 0 aliphatic rings. The van der Waals surface area contributed by atoms with E-state index in [2.05, 4.69) is 10.6 Å². The fourth-order valence-electron chi connectivity index (χ4n) is 1.60. The zero-order valence-electron chi connectivity index (χ0n) is 10.9. The van der Waals surface area contributed by atoms with E-state index in [0.717, 1.165) is 11.1 Å². The smallest absolute Gasteiger partial charge is 0.245 e. The lowest BCUT2D eigenvalue weighted by molar-refractivity contribution is -0.129. The van der Waals surface area contributed by atoms with Crippen molar-refractivity contribution >= 4 is 11.8 Å². The van der Waals surface area contributed by atoms with Crippen LogP contribution in [0.5, 0.6) is 0 Å². The van der Waals surface area contributed by atoms with E-state index in [1.807, 2.05) is 0 Å². The number of benzene rings is 1. The van der Waals surface area contributed by atoms with Crippen molar-refractivity contribution in [1.29, 1.82) is 0 Å². The largest absolute Gasteiger partial charge is 0.394 e. The van der Waals surface area contributed by atoms with E-state index in [0.29, 0.717) is 0 Å². The van der Waals surface area contributed by atoms with Gasteiger partial charge in [0.15, 0.2) is 0 Å². The van der Waals surface area contributed by atoms with E-state index in [1.54, 1.807) is 13.0 Å². The lowest BCUT2D eigenvalue weighted by Crippen LogP contribution is -2.48. The normalized spacial score (nSPS) is 11.8. The van der Waals surface area contributed by atoms with Crippen LogP contribution in [0, 0.1) is 12.7 Å². The van der Waals surface area contributed by atoms with Gasteiger partial charge in [0.1, 0.15) is 11.9 Å². The highest BCUT2D eigenvalue weighted by Gasteiger charge is 2.17. The van der Waals surface area contributed by atoms with Crippen LogP contribution in [-0.2, 0) is 16.1 Å². The van der Waals surface area contributed by atoms with Crippen LogP contribution >= 0.6 is 0 Å². The van der Waals surface area contributed by atoms with Crippen LogP contribution in [0.15, 0.2) is 18.2 Å². The van der Waals surface area contributed by atoms with E-state index in [4.69, 9.17) is 5.11 Å². The zero-order valence-corrected chi connectivity index (χ0v) is 10.9. The van der Waals surface area contributed by atoms with Crippen LogP contribution in [-0.4, -0.2) is 29.6 Å². The summed E-state index contributed by atoms with van der Waals surface area (Å²) in [5.41, 5.74) is 1.50. The molecular weight excluding hydrogens is 251 g/mol. The minimum atomic E-state index is -0.974. The highest BCUT2D eigenvalue weighted by Crippen LogP contribution is 2.09. The fraction of sp³-hybridized carbons (Fsp3) is 0.385. The van der Waals surface area contributed by atoms with Gasteiger partial charge in [-0.25, -0.2) is 4.39 Å². The Bertz CT molecular complexity index is 477. The molecule has 0 aliphatic carbocycles. The molecule has 0 bridgehead atoms. The first kappa shape index (κ1) is 15.1. The lowest BCUT2D eigenvalue weighted by atomic mass is 10.1. The van der Waals surface area contributed by atoms with E-state index in [9.17, 15) is 14.0 Å². The van der Waals surface area contributed by atoms with Crippen molar-refractivity contribution < 1.29 is 19.1 Å². The van der Waals surface area contributed by atoms with E-state index >= 15 is 0 Å². The maximum absolute atomic E-state index is 12.9. The summed E-state index contributed by atoms with van der Waals surface area (Å²) in [5.74, 6) is -1.22. The molecule has 0 spiro atoms. The van der Waals surface area contributed by atoms with Gasteiger partial charge in [-0.1, -0.05) is 6.07 Å². The van der Waals surface area contributed by atoms with Crippen molar-refractivity contribution in [3.05, 3.63) is 35.1 Å². The van der Waals surface area contributed by atoms with Gasteiger partial charge < -0.3 is 15.7 Å². The van der Waals surface area contributed by atoms with Crippen molar-refractivity contribution in [3.63, 3.8) is 0 Å². The molecule has 0 aromatic heterocycles. The van der Waals surface area contributed by atoms with Crippen LogP contribution < -0.4 is 10.6 Å². The molecule has 0 saturated heterocycles. The van der Waals surface area contributed by atoms with E-state index in [-0.39, 0.29) is 12.4 Å². The topological polar surface area (TPSA) is 78.4 Å². The molecule has 1 aromatic carbocycles. The predicted molar refractivity (Wildman–Crippen MR) is 67.7 cm³/mol. The molecule has 0 aliphatic heterocycles. The minimum Gasteiger partial charge on any atom is -0.394 e. The summed E-state index contributed by atoms with van der Waals surface area (Å²) in [7, 11) is 0. The fourth-order valence-corrected chi connectivity index (χ4v) is 1.60. The number of carbonyl (C=O) groups is 2. The molecule has 0 radical (unpaired) electrons. The number of carbonyl (C=O) groups excluding carboxylic acids is 2. The Morgan fingerprint density at radius 1 is 1.42 bits per heavy atom. The third-order valence-electron chi connectivity index (χ3n) is 2.63. The van der Waals surface area contributed by atoms with Crippen molar-refractivity contribution in [3.8, 4) is 0 Å². The summed E-state index contributed by atoms with van der Waals surface area (Å²) in [5, 5.41) is 13.9. The molecule has 104 valence electrons. The monoisotopic (exact) mass is 268 g/mol. The van der Waals surface area contributed by atoms with Gasteiger partial charge in [-0.05, 0) is 30.2 Å². The van der Waals surface area contributed by atoms with Crippen LogP contribution in [0.3, 0.4) is 0 Å². The van der Waals surface area contributed by atoms with Gasteiger partial charge in [0, 0.05) is 13.5 Å². The molecule has 19 heavy (non-hydrogen) atoms. The van der Waals surface area contributed by atoms with Crippen LogP contribution in [0.1, 0.15) is 18.1 Å². The number of hydrogen-bond donors (Lipinski definition) is 3. The van der Waals surface area contributed by atoms with Gasteiger partial charge >= 0.3 is 0 Å². The van der Waals surface area contributed by atoms with Crippen molar-refractivity contribution in [1.82, 2.24) is 10.6 Å². The maximum atomic E-state index is 12.9. The molecule has 2 amide bonds. The SMILES string of the molecule is CC(=O)N[C@H](CO)C(=O)NCc1ccc(F)cc1C. The Kier molecular flexibility index (Phi) is 5.44. The molecule has 5 nitrogen and oxygen atoms in total. The number of amides is 2. The Labute approximate surface area is 110 Å². The Balaban J connectivity index is 2.60. The first-order valence-corrected chi connectivity index (χ1v) is 5.84. The summed E-state index contributed by atoms with van der Waals surface area (Å²) in [6.07, 6.45) is 0. The standard InChI is InChI=1S/C13H17FN2O3/c1-8-5-11(14)4-3-10(8)6-15-13(19)12(7-17)16-9(2)18/h3-5,12,17H,6-7H2,1-2H3,(H,15,19)(H,16,18)/t12-/m1/s1. The average molecular weight is 268 g/mol. The predicted octanol–water partition coefficient (Wildman–Crippen LogP) is 0.247. The first-order chi connectivity index (χ1) is 8.93. The van der Waals surface area contributed by atoms with Gasteiger partial charge in [0.05, 0.1) is 6.61 Å². The summed E-state index contributed by atoms with van der Waals surface area (Å²) < 4.78 is 12.9. The second kappa shape index (κ2) is 6.84. The number of hydrogen-bond acceptors (Lipinski definition) is 3. The zero-order chi connectivity index (χ0) is 14.4. The van der Waals surface area contributed by atoms with Crippen molar-refractivity contribution in [2.45, 2.75) is 26.4 Å². The molecular formula is C13H17FN2O3. The van der Waals surface area contributed by atoms with Crippen molar-refractivity contribution in [2.24, 2.45) is 0 Å². The van der Waals surface area contributed by atoms with Gasteiger partial charge in [0.25, 0.3) is 0 Å². The quantitative estimate of drug-likeness (QED) is 0.716. The highest BCUT2D eigenvalue weighted by molar-refractivity contribution is 5.86. The molecule has 0 unspecified atom stereocenters. The molecule has 3 N–H and O–H groups in total. The van der Waals surface area contributed by atoms with Gasteiger partial charge in [-0.3, -0.25) is 9.59 Å². The number of aliphatic hydroxyl groups is 1. The Morgan fingerprint density at radius 2 is 2.11 bits per heavy atom. The Morgan fingerprint density at radius 3 is 2.63 bits per heavy atom. The third-order valence-corrected chi connectivity index (χ3v) is 2.63. The summed E-state index contributed by atoms with van der Waals surface area (Å²) >= 11 is 0. The van der Waals surface area contributed by atoms with Gasteiger partial charge in [-0.2, -0.15) is 0 Å². The van der Waals surface area contributed by atoms with Crippen molar-refractivity contribution in [2.75, 3.05) is 6.61 Å². The summed E-state index contributed by atoms with van der Waals surface area (Å²) in [6.45, 7) is 2.73. The number of halogens is 1. The lowest BCUT2D eigenvalue weighted by Gasteiger charge is -2.15. The highest BCUT2D eigenvalue weighted by atomic mass is 19.1. The summed E-state index contributed by atoms with van der Waals surface area (Å²) in [4.78, 5) is 22.5. The molecule has 0 heterocycles. The molecule has 1 rings (SSSR count). The molecule has 1 aromatic rings. The minimum absolute atomic E-state index is 0.209. The number of rotatable bonds is 5. The number of aliphatic hydroxyl groups excluding tert-OH is 1. The second-order valence-corrected chi connectivity index (χ2v) is 4.22. The third kappa shape index (κ3) is 4.67. The van der Waals surface area contributed by atoms with Gasteiger partial charge in [-0.15, -0.1) is 0 Å². The van der Waals surface area contributed by atoms with Crippen LogP contribution in [0.25, 0.3) is 0 Å². The summed E-state index contributed by atoms with van der Waals surface area (Å²) in [6, 6.07) is 3.29. The van der Waals surface area contributed by atoms with E-state index in [1.165, 1.54) is 19.1 Å². The Hall–Kier alpha value is -1.95. The molecule has 1 atom stereocenters. The molecule has 0 saturated carbocycles. The molecule has 6 heteroatoms. The van der Waals surface area contributed by atoms with Crippen LogP contribution in [0.2, 0.25) is 0 Å². The van der Waals surface area contributed by atoms with E-state index < -0.39 is 24.5 Å². The molecule has 0 fully saturated rings. The average Bonchev–Trinajstić information content (AvgIpc) is 2.34. The van der Waals surface area contributed by atoms with Crippen LogP contribution in [0.4, 0.5) is 4.39 Å². The number of nitrogens with one attached hydrogen (secondary N) is 2. The first-order valence-electron chi connectivity index (χ1n) is 5.84. The second-order valence-electron chi connectivity index (χ2n) is 4.22. The number of aryl methyl sites for hydroxylation is 1. The van der Waals surface area contributed by atoms with Gasteiger partial charge in [0.2, 0.25) is 11.8 Å².